The molecule has 0 saturated heterocycles. The number of rotatable bonds is 3. The van der Waals surface area contributed by atoms with E-state index in [9.17, 15) is 13.2 Å². The lowest BCUT2D eigenvalue weighted by atomic mass is 10.2. The highest BCUT2D eigenvalue weighted by molar-refractivity contribution is 7.99. The van der Waals surface area contributed by atoms with E-state index in [-0.39, 0.29) is 5.52 Å². The third-order valence-electron chi connectivity index (χ3n) is 2.99. The lowest BCUT2D eigenvalue weighted by molar-refractivity contribution is -0.137. The van der Waals surface area contributed by atoms with Crippen molar-refractivity contribution in [2.24, 2.45) is 0 Å². The van der Waals surface area contributed by atoms with Crippen LogP contribution in [0.25, 0.3) is 20.9 Å². The number of aromatic nitrogens is 2. The summed E-state index contributed by atoms with van der Waals surface area (Å²) in [7, 11) is 0. The van der Waals surface area contributed by atoms with Crippen LogP contribution < -0.4 is 0 Å². The van der Waals surface area contributed by atoms with Gasteiger partial charge in [-0.1, -0.05) is 36.5 Å². The molecule has 114 valence electrons. The number of benzene rings is 1. The van der Waals surface area contributed by atoms with Gasteiger partial charge in [0.2, 0.25) is 0 Å². The lowest BCUT2D eigenvalue weighted by Crippen LogP contribution is -2.04. The molecule has 1 aromatic carbocycles. The summed E-state index contributed by atoms with van der Waals surface area (Å²) in [6, 6.07) is 8.81. The van der Waals surface area contributed by atoms with Gasteiger partial charge in [-0.3, -0.25) is 0 Å². The molecule has 0 aliphatic carbocycles. The fourth-order valence-electron chi connectivity index (χ4n) is 2.02. The zero-order valence-corrected chi connectivity index (χ0v) is 13.1. The van der Waals surface area contributed by atoms with Crippen LogP contribution in [0.5, 0.6) is 0 Å². The highest BCUT2D eigenvalue weighted by Crippen LogP contribution is 2.37. The molecule has 3 aromatic rings. The van der Waals surface area contributed by atoms with E-state index in [1.807, 2.05) is 24.3 Å². The summed E-state index contributed by atoms with van der Waals surface area (Å²) in [6.07, 6.45) is -3.54. The van der Waals surface area contributed by atoms with Gasteiger partial charge in [0, 0.05) is 16.7 Å². The first-order valence-electron chi connectivity index (χ1n) is 6.55. The molecule has 0 aliphatic rings. The van der Waals surface area contributed by atoms with Crippen LogP contribution in [0.1, 0.15) is 12.5 Å². The molecule has 3 rings (SSSR count). The van der Waals surface area contributed by atoms with Gasteiger partial charge in [0.05, 0.1) is 5.56 Å². The monoisotopic (exact) mass is 340 g/mol. The fraction of sp³-hybridized carbons (Fsp3) is 0.200. The van der Waals surface area contributed by atoms with Crippen LogP contribution in [0.2, 0.25) is 0 Å². The number of hydrogen-bond acceptors (Lipinski definition) is 4. The molecule has 2 aromatic heterocycles. The Morgan fingerprint density at radius 1 is 1.23 bits per heavy atom. The van der Waals surface area contributed by atoms with Gasteiger partial charge in [0.1, 0.15) is 15.4 Å². The summed E-state index contributed by atoms with van der Waals surface area (Å²) in [5.41, 5.74) is 0.449. The zero-order chi connectivity index (χ0) is 15.7. The van der Waals surface area contributed by atoms with Crippen LogP contribution in [-0.2, 0) is 6.18 Å². The molecular weight excluding hydrogens is 329 g/mol. The van der Waals surface area contributed by atoms with Crippen molar-refractivity contribution in [2.75, 3.05) is 5.75 Å². The number of pyridine rings is 1. The molecule has 7 heteroatoms. The number of alkyl halides is 3. The van der Waals surface area contributed by atoms with Crippen LogP contribution in [0.3, 0.4) is 0 Å². The summed E-state index contributed by atoms with van der Waals surface area (Å²) >= 11 is 2.99. The molecule has 2 heterocycles. The molecule has 0 bridgehead atoms. The van der Waals surface area contributed by atoms with E-state index in [2.05, 4.69) is 16.9 Å². The number of nitrogens with zero attached hydrogens (tertiary/aromatic N) is 2. The van der Waals surface area contributed by atoms with Gasteiger partial charge >= 0.3 is 6.18 Å². The maximum Gasteiger partial charge on any atom is 0.417 e. The fourth-order valence-corrected chi connectivity index (χ4v) is 3.82. The van der Waals surface area contributed by atoms with Crippen LogP contribution in [0.15, 0.2) is 41.4 Å². The Balaban J connectivity index is 2.09. The SMILES string of the molecule is CCSc1ccccc1-c1nc2cc(C(F)(F)F)cnc2s1. The standard InChI is InChI=1S/C15H11F3N2S2/c1-2-21-12-6-4-3-5-10(12)13-20-11-7-9(15(16,17)18)8-19-14(11)22-13/h3-8H,2H2,1H3. The number of halogens is 3. The molecule has 0 unspecified atom stereocenters. The summed E-state index contributed by atoms with van der Waals surface area (Å²) in [4.78, 5) is 9.82. The van der Waals surface area contributed by atoms with Crippen LogP contribution in [0.4, 0.5) is 13.2 Å². The van der Waals surface area contributed by atoms with Crippen molar-refractivity contribution in [3.05, 3.63) is 42.1 Å². The Kier molecular flexibility index (Phi) is 4.10. The summed E-state index contributed by atoms with van der Waals surface area (Å²) in [6.45, 7) is 2.05. The third kappa shape index (κ3) is 2.96. The smallest absolute Gasteiger partial charge is 0.243 e. The van der Waals surface area contributed by atoms with Gasteiger partial charge in [-0.25, -0.2) is 9.97 Å². The highest BCUT2D eigenvalue weighted by Gasteiger charge is 2.31. The maximum atomic E-state index is 12.7. The van der Waals surface area contributed by atoms with E-state index in [0.717, 1.165) is 28.5 Å². The topological polar surface area (TPSA) is 25.8 Å². The van der Waals surface area contributed by atoms with Crippen molar-refractivity contribution < 1.29 is 13.2 Å². The van der Waals surface area contributed by atoms with Gasteiger partial charge in [0.15, 0.2) is 0 Å². The normalized spacial score (nSPS) is 12.0. The predicted octanol–water partition coefficient (Wildman–Crippen LogP) is 5.49. The average Bonchev–Trinajstić information content (AvgIpc) is 2.90. The van der Waals surface area contributed by atoms with E-state index in [1.165, 1.54) is 11.3 Å². The average molecular weight is 340 g/mol. The molecular formula is C15H11F3N2S2. The van der Waals surface area contributed by atoms with Gasteiger partial charge in [-0.15, -0.1) is 11.8 Å². The van der Waals surface area contributed by atoms with E-state index >= 15 is 0 Å². The largest absolute Gasteiger partial charge is 0.417 e. The minimum absolute atomic E-state index is 0.283. The van der Waals surface area contributed by atoms with E-state index < -0.39 is 11.7 Å². The second-order valence-electron chi connectivity index (χ2n) is 4.49. The first-order valence-corrected chi connectivity index (χ1v) is 8.35. The minimum Gasteiger partial charge on any atom is -0.243 e. The molecule has 2 nitrogen and oxygen atoms in total. The molecule has 0 spiro atoms. The lowest BCUT2D eigenvalue weighted by Gasteiger charge is -2.04. The molecule has 0 fully saturated rings. The zero-order valence-electron chi connectivity index (χ0n) is 11.5. The second-order valence-corrected chi connectivity index (χ2v) is 6.78. The van der Waals surface area contributed by atoms with Gasteiger partial charge in [-0.05, 0) is 17.9 Å². The Bertz CT molecular complexity index is 812. The predicted molar refractivity (Wildman–Crippen MR) is 84.3 cm³/mol. The Labute approximate surface area is 133 Å². The van der Waals surface area contributed by atoms with Gasteiger partial charge in [-0.2, -0.15) is 13.2 Å². The molecule has 22 heavy (non-hydrogen) atoms. The van der Waals surface area contributed by atoms with Crippen molar-refractivity contribution in [1.29, 1.82) is 0 Å². The summed E-state index contributed by atoms with van der Waals surface area (Å²) < 4.78 is 38.2. The first-order chi connectivity index (χ1) is 10.5. The van der Waals surface area contributed by atoms with Crippen molar-refractivity contribution in [3.63, 3.8) is 0 Å². The van der Waals surface area contributed by atoms with Gasteiger partial charge < -0.3 is 0 Å². The molecule has 0 saturated carbocycles. The Hall–Kier alpha value is -1.60. The van der Waals surface area contributed by atoms with Crippen LogP contribution in [-0.4, -0.2) is 15.7 Å². The quantitative estimate of drug-likeness (QED) is 0.590. The third-order valence-corrected chi connectivity index (χ3v) is 4.96. The number of hydrogen-bond donors (Lipinski definition) is 0. The summed E-state index contributed by atoms with van der Waals surface area (Å²) in [5.74, 6) is 0.915. The van der Waals surface area contributed by atoms with Crippen molar-refractivity contribution in [1.82, 2.24) is 9.97 Å². The molecule has 0 atom stereocenters. The van der Waals surface area contributed by atoms with Crippen molar-refractivity contribution >= 4 is 33.4 Å². The van der Waals surface area contributed by atoms with E-state index in [1.54, 1.807) is 11.8 Å². The van der Waals surface area contributed by atoms with Crippen LogP contribution >= 0.6 is 23.1 Å². The second kappa shape index (κ2) is 5.89. The molecule has 0 N–H and O–H groups in total. The Morgan fingerprint density at radius 2 is 2.00 bits per heavy atom. The van der Waals surface area contributed by atoms with Crippen LogP contribution in [0, 0.1) is 0 Å². The number of thioether (sulfide) groups is 1. The van der Waals surface area contributed by atoms with Crippen molar-refractivity contribution in [2.45, 2.75) is 18.0 Å². The van der Waals surface area contributed by atoms with E-state index in [4.69, 9.17) is 0 Å². The molecule has 0 radical (unpaired) electrons. The minimum atomic E-state index is -4.40. The maximum absolute atomic E-state index is 12.7. The first kappa shape index (κ1) is 15.3. The van der Waals surface area contributed by atoms with E-state index in [0.29, 0.717) is 9.84 Å². The summed E-state index contributed by atoms with van der Waals surface area (Å²) in [5, 5.41) is 0.693. The molecule has 0 aliphatic heterocycles. The Morgan fingerprint density at radius 3 is 2.73 bits per heavy atom. The molecule has 0 amide bonds. The number of fused-ring (bicyclic) bond motifs is 1. The van der Waals surface area contributed by atoms with Crippen molar-refractivity contribution in [3.8, 4) is 10.6 Å². The number of thiazole rings is 1. The highest BCUT2D eigenvalue weighted by atomic mass is 32.2. The van der Waals surface area contributed by atoms with Gasteiger partial charge in [0.25, 0.3) is 0 Å².